The van der Waals surface area contributed by atoms with Gasteiger partial charge in [-0.1, -0.05) is 18.2 Å². The Balaban J connectivity index is 2.28. The summed E-state index contributed by atoms with van der Waals surface area (Å²) >= 11 is 0. The monoisotopic (exact) mass is 225 g/mol. The zero-order chi connectivity index (χ0) is 11.7. The second-order valence-corrected chi connectivity index (χ2v) is 3.81. The van der Waals surface area contributed by atoms with E-state index in [1.807, 2.05) is 30.3 Å². The molecule has 17 heavy (non-hydrogen) atoms. The van der Waals surface area contributed by atoms with Crippen LogP contribution in [0.4, 0.5) is 0 Å². The lowest BCUT2D eigenvalue weighted by Crippen LogP contribution is -1.92. The molecule has 0 radical (unpaired) electrons. The molecular weight excluding hydrogens is 214 g/mol. The number of nitrogens with zero attached hydrogens (tertiary/aromatic N) is 2. The van der Waals surface area contributed by atoms with E-state index >= 15 is 0 Å². The molecule has 0 atom stereocenters. The fraction of sp³-hybridized carbons (Fsp3) is 0.0769. The molecule has 2 N–H and O–H groups in total. The molecule has 3 aromatic rings. The lowest BCUT2D eigenvalue weighted by molar-refractivity contribution is 0.283. The summed E-state index contributed by atoms with van der Waals surface area (Å²) in [6.07, 6.45) is 3.34. The molecule has 84 valence electrons. The number of para-hydroxylation sites is 1. The maximum absolute atomic E-state index is 9.40. The van der Waals surface area contributed by atoms with E-state index in [0.717, 1.165) is 27.9 Å². The van der Waals surface area contributed by atoms with Crippen LogP contribution in [0.3, 0.4) is 0 Å². The fourth-order valence-electron chi connectivity index (χ4n) is 1.91. The van der Waals surface area contributed by atoms with Gasteiger partial charge in [-0.15, -0.1) is 0 Å². The van der Waals surface area contributed by atoms with E-state index in [1.165, 1.54) is 0 Å². The molecule has 4 nitrogen and oxygen atoms in total. The van der Waals surface area contributed by atoms with Crippen LogP contribution in [0.1, 0.15) is 5.56 Å². The van der Waals surface area contributed by atoms with E-state index in [-0.39, 0.29) is 6.61 Å². The van der Waals surface area contributed by atoms with Gasteiger partial charge in [0.15, 0.2) is 0 Å². The maximum Gasteiger partial charge on any atom is 0.0924 e. The summed E-state index contributed by atoms with van der Waals surface area (Å²) in [6, 6.07) is 9.67. The van der Waals surface area contributed by atoms with Crippen molar-refractivity contribution in [3.8, 4) is 11.4 Å². The molecule has 0 amide bonds. The van der Waals surface area contributed by atoms with Gasteiger partial charge in [-0.2, -0.15) is 0 Å². The number of aliphatic hydroxyl groups is 1. The first-order valence-corrected chi connectivity index (χ1v) is 5.37. The van der Waals surface area contributed by atoms with Crippen molar-refractivity contribution in [2.24, 2.45) is 0 Å². The maximum atomic E-state index is 9.40. The summed E-state index contributed by atoms with van der Waals surface area (Å²) in [5.41, 5.74) is 3.40. The van der Waals surface area contributed by atoms with Crippen molar-refractivity contribution < 1.29 is 5.11 Å². The summed E-state index contributed by atoms with van der Waals surface area (Å²) in [6.45, 7) is 0.00414. The van der Waals surface area contributed by atoms with Crippen LogP contribution in [-0.2, 0) is 6.61 Å². The Kier molecular flexibility index (Phi) is 2.34. The highest BCUT2D eigenvalue weighted by molar-refractivity contribution is 5.84. The van der Waals surface area contributed by atoms with Gasteiger partial charge in [-0.3, -0.25) is 0 Å². The first-order chi connectivity index (χ1) is 8.38. The van der Waals surface area contributed by atoms with Crippen LogP contribution in [0.15, 0.2) is 42.9 Å². The molecule has 4 heteroatoms. The standard InChI is InChI=1S/C13H11N3O/c17-7-9-5-12(13-6-14-8-15-13)16-11-4-2-1-3-10(9)11/h1-6,8,17H,7H2,(H,14,15). The SMILES string of the molecule is OCc1cc(-c2cnc[nH]2)nc2ccccc12. The molecule has 1 aromatic carbocycles. The van der Waals surface area contributed by atoms with E-state index in [0.29, 0.717) is 0 Å². The number of hydrogen-bond donors (Lipinski definition) is 2. The number of pyridine rings is 1. The van der Waals surface area contributed by atoms with Crippen molar-refractivity contribution in [3.05, 3.63) is 48.4 Å². The fourth-order valence-corrected chi connectivity index (χ4v) is 1.91. The first kappa shape index (κ1) is 9.99. The summed E-state index contributed by atoms with van der Waals surface area (Å²) in [5.74, 6) is 0. The minimum absolute atomic E-state index is 0.00414. The molecule has 0 spiro atoms. The van der Waals surface area contributed by atoms with Crippen molar-refractivity contribution in [2.75, 3.05) is 0 Å². The van der Waals surface area contributed by atoms with Crippen LogP contribution in [0, 0.1) is 0 Å². The molecule has 3 rings (SSSR count). The van der Waals surface area contributed by atoms with Gasteiger partial charge in [0.05, 0.1) is 36.0 Å². The lowest BCUT2D eigenvalue weighted by Gasteiger charge is -2.06. The molecule has 0 fully saturated rings. The molecule has 2 aromatic heterocycles. The number of aromatic amines is 1. The van der Waals surface area contributed by atoms with Gasteiger partial charge >= 0.3 is 0 Å². The van der Waals surface area contributed by atoms with Crippen LogP contribution >= 0.6 is 0 Å². The molecule has 0 bridgehead atoms. The third kappa shape index (κ3) is 1.68. The summed E-state index contributed by atoms with van der Waals surface area (Å²) in [4.78, 5) is 11.5. The Hall–Kier alpha value is -2.20. The minimum Gasteiger partial charge on any atom is -0.392 e. The van der Waals surface area contributed by atoms with E-state index < -0.39 is 0 Å². The van der Waals surface area contributed by atoms with Crippen LogP contribution in [0.25, 0.3) is 22.3 Å². The van der Waals surface area contributed by atoms with E-state index in [9.17, 15) is 5.11 Å². The van der Waals surface area contributed by atoms with Gasteiger partial charge in [0, 0.05) is 5.39 Å². The third-order valence-corrected chi connectivity index (χ3v) is 2.75. The van der Waals surface area contributed by atoms with Gasteiger partial charge in [0.1, 0.15) is 0 Å². The van der Waals surface area contributed by atoms with Crippen molar-refractivity contribution in [1.82, 2.24) is 15.0 Å². The number of imidazole rings is 1. The number of fused-ring (bicyclic) bond motifs is 1. The van der Waals surface area contributed by atoms with Crippen LogP contribution in [0.5, 0.6) is 0 Å². The molecule has 0 aliphatic heterocycles. The highest BCUT2D eigenvalue weighted by atomic mass is 16.3. The summed E-state index contributed by atoms with van der Waals surface area (Å²) in [5, 5.41) is 10.4. The van der Waals surface area contributed by atoms with Crippen molar-refractivity contribution >= 4 is 10.9 Å². The lowest BCUT2D eigenvalue weighted by atomic mass is 10.1. The molecule has 0 saturated heterocycles. The number of rotatable bonds is 2. The Bertz CT molecular complexity index is 647. The molecule has 0 aliphatic rings. The number of benzene rings is 1. The van der Waals surface area contributed by atoms with Crippen LogP contribution < -0.4 is 0 Å². The smallest absolute Gasteiger partial charge is 0.0924 e. The second kappa shape index (κ2) is 3.99. The molecule has 0 unspecified atom stereocenters. The van der Waals surface area contributed by atoms with Crippen molar-refractivity contribution in [2.45, 2.75) is 6.61 Å². The Morgan fingerprint density at radius 3 is 2.88 bits per heavy atom. The van der Waals surface area contributed by atoms with Gasteiger partial charge in [0.25, 0.3) is 0 Å². The highest BCUT2D eigenvalue weighted by Gasteiger charge is 2.07. The van der Waals surface area contributed by atoms with E-state index in [4.69, 9.17) is 0 Å². The van der Waals surface area contributed by atoms with Crippen LogP contribution in [0.2, 0.25) is 0 Å². The number of aromatic nitrogens is 3. The molecule has 2 heterocycles. The zero-order valence-corrected chi connectivity index (χ0v) is 9.09. The summed E-state index contributed by atoms with van der Waals surface area (Å²) < 4.78 is 0. The normalized spacial score (nSPS) is 10.9. The highest BCUT2D eigenvalue weighted by Crippen LogP contribution is 2.23. The predicted molar refractivity (Wildman–Crippen MR) is 65.2 cm³/mol. The molecule has 0 saturated carbocycles. The average molecular weight is 225 g/mol. The van der Waals surface area contributed by atoms with E-state index in [2.05, 4.69) is 15.0 Å². The summed E-state index contributed by atoms with van der Waals surface area (Å²) in [7, 11) is 0. The number of nitrogens with one attached hydrogen (secondary N) is 1. The number of hydrogen-bond acceptors (Lipinski definition) is 3. The molecule has 0 aliphatic carbocycles. The Morgan fingerprint density at radius 1 is 1.24 bits per heavy atom. The topological polar surface area (TPSA) is 61.8 Å². The largest absolute Gasteiger partial charge is 0.392 e. The second-order valence-electron chi connectivity index (χ2n) is 3.81. The average Bonchev–Trinajstić information content (AvgIpc) is 2.91. The van der Waals surface area contributed by atoms with Gasteiger partial charge in [-0.25, -0.2) is 9.97 Å². The quantitative estimate of drug-likeness (QED) is 0.702. The third-order valence-electron chi connectivity index (χ3n) is 2.75. The minimum atomic E-state index is 0.00414. The Morgan fingerprint density at radius 2 is 2.12 bits per heavy atom. The van der Waals surface area contributed by atoms with Gasteiger partial charge in [-0.05, 0) is 17.7 Å². The molecular formula is C13H11N3O. The van der Waals surface area contributed by atoms with Crippen molar-refractivity contribution in [3.63, 3.8) is 0 Å². The van der Waals surface area contributed by atoms with Gasteiger partial charge in [0.2, 0.25) is 0 Å². The number of H-pyrrole nitrogens is 1. The van der Waals surface area contributed by atoms with Gasteiger partial charge < -0.3 is 10.1 Å². The first-order valence-electron chi connectivity index (χ1n) is 5.37. The van der Waals surface area contributed by atoms with Crippen LogP contribution in [-0.4, -0.2) is 20.1 Å². The van der Waals surface area contributed by atoms with Crippen molar-refractivity contribution in [1.29, 1.82) is 0 Å². The predicted octanol–water partition coefficient (Wildman–Crippen LogP) is 2.12. The number of aliphatic hydroxyl groups excluding tert-OH is 1. The van der Waals surface area contributed by atoms with E-state index in [1.54, 1.807) is 12.5 Å². The Labute approximate surface area is 98.0 Å². The zero-order valence-electron chi connectivity index (χ0n) is 9.09.